The van der Waals surface area contributed by atoms with E-state index in [0.29, 0.717) is 12.3 Å². The zero-order valence-electron chi connectivity index (χ0n) is 11.2. The summed E-state index contributed by atoms with van der Waals surface area (Å²) in [5.41, 5.74) is 2.50. The summed E-state index contributed by atoms with van der Waals surface area (Å²) in [5, 5.41) is 0. The fourth-order valence-corrected chi connectivity index (χ4v) is 2.01. The van der Waals surface area contributed by atoms with Gasteiger partial charge in [0.1, 0.15) is 5.75 Å². The van der Waals surface area contributed by atoms with E-state index in [1.165, 1.54) is 12.8 Å². The Hall–Kier alpha value is -1.57. The standard InChI is InChI=1S/C16H20O2/c1-4-14(17)13-6-5-7-15(16(13)11(2)3)18-10-12-8-9-12/h5-7,12H,2,4,8-10H2,1,3H3. The summed E-state index contributed by atoms with van der Waals surface area (Å²) in [4.78, 5) is 11.9. The minimum Gasteiger partial charge on any atom is -0.493 e. The van der Waals surface area contributed by atoms with Gasteiger partial charge in [-0.15, -0.1) is 0 Å². The summed E-state index contributed by atoms with van der Waals surface area (Å²) in [6, 6.07) is 5.68. The summed E-state index contributed by atoms with van der Waals surface area (Å²) in [6.45, 7) is 8.53. The van der Waals surface area contributed by atoms with Gasteiger partial charge in [-0.05, 0) is 37.3 Å². The molecule has 2 heteroatoms. The number of ketones is 1. The van der Waals surface area contributed by atoms with Crippen molar-refractivity contribution in [3.63, 3.8) is 0 Å². The van der Waals surface area contributed by atoms with Gasteiger partial charge in [0.2, 0.25) is 0 Å². The number of carbonyl (C=O) groups is 1. The van der Waals surface area contributed by atoms with E-state index in [9.17, 15) is 4.79 Å². The molecule has 2 rings (SSSR count). The van der Waals surface area contributed by atoms with Gasteiger partial charge in [0.05, 0.1) is 6.61 Å². The number of Topliss-reactive ketones (excluding diaryl/α,β-unsaturated/α-hetero) is 1. The Morgan fingerprint density at radius 3 is 2.72 bits per heavy atom. The lowest BCUT2D eigenvalue weighted by Gasteiger charge is -2.14. The number of allylic oxidation sites excluding steroid dienone is 1. The van der Waals surface area contributed by atoms with Crippen LogP contribution in [0.2, 0.25) is 0 Å². The number of ether oxygens (including phenoxy) is 1. The predicted molar refractivity (Wildman–Crippen MR) is 74.0 cm³/mol. The van der Waals surface area contributed by atoms with E-state index in [1.807, 2.05) is 32.0 Å². The molecule has 0 aromatic heterocycles. The first kappa shape index (κ1) is 12.9. The smallest absolute Gasteiger partial charge is 0.163 e. The van der Waals surface area contributed by atoms with Crippen LogP contribution >= 0.6 is 0 Å². The Labute approximate surface area is 109 Å². The lowest BCUT2D eigenvalue weighted by Crippen LogP contribution is -2.06. The molecule has 1 aromatic rings. The van der Waals surface area contributed by atoms with Crippen molar-refractivity contribution in [2.75, 3.05) is 6.61 Å². The Balaban J connectivity index is 2.31. The maximum absolute atomic E-state index is 11.9. The Bertz CT molecular complexity index is 470. The van der Waals surface area contributed by atoms with Gasteiger partial charge < -0.3 is 4.74 Å². The third kappa shape index (κ3) is 2.81. The molecule has 0 aliphatic heterocycles. The van der Waals surface area contributed by atoms with Crippen LogP contribution in [0.5, 0.6) is 5.75 Å². The molecule has 0 N–H and O–H groups in total. The topological polar surface area (TPSA) is 26.3 Å². The van der Waals surface area contributed by atoms with Crippen molar-refractivity contribution < 1.29 is 9.53 Å². The molecular weight excluding hydrogens is 224 g/mol. The van der Waals surface area contributed by atoms with Crippen molar-refractivity contribution in [1.82, 2.24) is 0 Å². The summed E-state index contributed by atoms with van der Waals surface area (Å²) < 4.78 is 5.84. The molecule has 1 aliphatic rings. The number of hydrogen-bond acceptors (Lipinski definition) is 2. The Kier molecular flexibility index (Phi) is 3.85. The van der Waals surface area contributed by atoms with Gasteiger partial charge in [0, 0.05) is 17.5 Å². The molecule has 1 aliphatic carbocycles. The highest BCUT2D eigenvalue weighted by Gasteiger charge is 2.23. The van der Waals surface area contributed by atoms with E-state index >= 15 is 0 Å². The van der Waals surface area contributed by atoms with Crippen LogP contribution in [-0.4, -0.2) is 12.4 Å². The largest absolute Gasteiger partial charge is 0.493 e. The van der Waals surface area contributed by atoms with Gasteiger partial charge in [0.15, 0.2) is 5.78 Å². The van der Waals surface area contributed by atoms with Gasteiger partial charge >= 0.3 is 0 Å². The van der Waals surface area contributed by atoms with Crippen molar-refractivity contribution in [3.05, 3.63) is 35.9 Å². The second kappa shape index (κ2) is 5.38. The van der Waals surface area contributed by atoms with E-state index < -0.39 is 0 Å². The van der Waals surface area contributed by atoms with Crippen molar-refractivity contribution in [1.29, 1.82) is 0 Å². The molecule has 2 nitrogen and oxygen atoms in total. The average Bonchev–Trinajstić information content (AvgIpc) is 3.18. The molecule has 0 bridgehead atoms. The van der Waals surface area contributed by atoms with E-state index in [2.05, 4.69) is 6.58 Å². The van der Waals surface area contributed by atoms with E-state index in [-0.39, 0.29) is 5.78 Å². The van der Waals surface area contributed by atoms with Crippen LogP contribution < -0.4 is 4.74 Å². The Morgan fingerprint density at radius 2 is 2.17 bits per heavy atom. The normalized spacial score (nSPS) is 14.3. The van der Waals surface area contributed by atoms with Crippen LogP contribution in [0, 0.1) is 5.92 Å². The zero-order valence-corrected chi connectivity index (χ0v) is 11.2. The lowest BCUT2D eigenvalue weighted by atomic mass is 9.96. The number of rotatable bonds is 6. The fourth-order valence-electron chi connectivity index (χ4n) is 2.01. The van der Waals surface area contributed by atoms with Crippen molar-refractivity contribution in [2.45, 2.75) is 33.1 Å². The highest BCUT2D eigenvalue weighted by Crippen LogP contribution is 2.33. The van der Waals surface area contributed by atoms with E-state index in [0.717, 1.165) is 29.1 Å². The van der Waals surface area contributed by atoms with Crippen LogP contribution in [0.15, 0.2) is 24.8 Å². The predicted octanol–water partition coefficient (Wildman–Crippen LogP) is 4.10. The lowest BCUT2D eigenvalue weighted by molar-refractivity contribution is 0.0987. The highest BCUT2D eigenvalue weighted by molar-refractivity contribution is 6.01. The molecular formula is C16H20O2. The second-order valence-corrected chi connectivity index (χ2v) is 4.99. The van der Waals surface area contributed by atoms with E-state index in [1.54, 1.807) is 0 Å². The van der Waals surface area contributed by atoms with Crippen molar-refractivity contribution >= 4 is 11.4 Å². The molecule has 1 aromatic carbocycles. The van der Waals surface area contributed by atoms with Crippen molar-refractivity contribution in [3.8, 4) is 5.75 Å². The van der Waals surface area contributed by atoms with Crippen LogP contribution in [0.3, 0.4) is 0 Å². The molecule has 96 valence electrons. The minimum absolute atomic E-state index is 0.143. The zero-order chi connectivity index (χ0) is 13.1. The summed E-state index contributed by atoms with van der Waals surface area (Å²) in [7, 11) is 0. The monoisotopic (exact) mass is 244 g/mol. The van der Waals surface area contributed by atoms with Gasteiger partial charge in [-0.1, -0.05) is 25.6 Å². The first-order chi connectivity index (χ1) is 8.63. The quantitative estimate of drug-likeness (QED) is 0.704. The molecule has 0 saturated heterocycles. The first-order valence-electron chi connectivity index (χ1n) is 6.58. The van der Waals surface area contributed by atoms with Crippen LogP contribution in [0.4, 0.5) is 0 Å². The fraction of sp³-hybridized carbons (Fsp3) is 0.438. The molecule has 0 heterocycles. The summed E-state index contributed by atoms with van der Waals surface area (Å²) >= 11 is 0. The van der Waals surface area contributed by atoms with Crippen LogP contribution in [0.1, 0.15) is 49.0 Å². The average molecular weight is 244 g/mol. The summed E-state index contributed by atoms with van der Waals surface area (Å²) in [5.74, 6) is 1.65. The maximum Gasteiger partial charge on any atom is 0.163 e. The van der Waals surface area contributed by atoms with Gasteiger partial charge in [-0.3, -0.25) is 4.79 Å². The van der Waals surface area contributed by atoms with Gasteiger partial charge in [-0.2, -0.15) is 0 Å². The van der Waals surface area contributed by atoms with Crippen LogP contribution in [0.25, 0.3) is 5.57 Å². The van der Waals surface area contributed by atoms with Gasteiger partial charge in [-0.25, -0.2) is 0 Å². The molecule has 0 radical (unpaired) electrons. The molecule has 1 fully saturated rings. The number of hydrogen-bond donors (Lipinski definition) is 0. The molecule has 0 atom stereocenters. The third-order valence-electron chi connectivity index (χ3n) is 3.25. The molecule has 18 heavy (non-hydrogen) atoms. The number of benzene rings is 1. The highest BCUT2D eigenvalue weighted by atomic mass is 16.5. The second-order valence-electron chi connectivity index (χ2n) is 4.99. The van der Waals surface area contributed by atoms with Crippen molar-refractivity contribution in [2.24, 2.45) is 5.92 Å². The minimum atomic E-state index is 0.143. The Morgan fingerprint density at radius 1 is 1.44 bits per heavy atom. The maximum atomic E-state index is 11.9. The van der Waals surface area contributed by atoms with Crippen LogP contribution in [-0.2, 0) is 0 Å². The van der Waals surface area contributed by atoms with E-state index in [4.69, 9.17) is 4.74 Å². The van der Waals surface area contributed by atoms with Gasteiger partial charge in [0.25, 0.3) is 0 Å². The molecule has 0 spiro atoms. The first-order valence-corrected chi connectivity index (χ1v) is 6.58. The number of carbonyl (C=O) groups excluding carboxylic acids is 1. The SMILES string of the molecule is C=C(C)c1c(OCC2CC2)cccc1C(=O)CC. The summed E-state index contributed by atoms with van der Waals surface area (Å²) in [6.07, 6.45) is 3.03. The third-order valence-corrected chi connectivity index (χ3v) is 3.25. The molecule has 0 amide bonds. The molecule has 1 saturated carbocycles. The molecule has 0 unspecified atom stereocenters.